The molecular weight excluding hydrogens is 308 g/mol. The van der Waals surface area contributed by atoms with E-state index in [1.54, 1.807) is 0 Å². The first-order valence-electron chi connectivity index (χ1n) is 9.00. The van der Waals surface area contributed by atoms with Gasteiger partial charge in [0, 0.05) is 56.5 Å². The van der Waals surface area contributed by atoms with E-state index in [1.165, 1.54) is 10.9 Å². The van der Waals surface area contributed by atoms with Crippen LogP contribution < -0.4 is 0 Å². The van der Waals surface area contributed by atoms with Gasteiger partial charge in [-0.25, -0.2) is 0 Å². The molecule has 0 saturated carbocycles. The standard InChI is InChI=1S/C21H24N4/c1-17(19-6-4-10-22-15-19)25-13-11-24(12-14-25)16-20-9-8-18-5-2-3-7-21(18)23-20/h2-10,15,17H,11-14,16H2,1H3/t17-/m1/s1. The van der Waals surface area contributed by atoms with Gasteiger partial charge in [0.25, 0.3) is 0 Å². The molecule has 4 heteroatoms. The monoisotopic (exact) mass is 332 g/mol. The summed E-state index contributed by atoms with van der Waals surface area (Å²) in [6, 6.07) is 17.3. The molecule has 1 fully saturated rings. The Morgan fingerprint density at radius 2 is 1.80 bits per heavy atom. The Morgan fingerprint density at radius 1 is 0.960 bits per heavy atom. The first-order chi connectivity index (χ1) is 12.3. The zero-order valence-electron chi connectivity index (χ0n) is 14.7. The molecule has 0 aliphatic carbocycles. The van der Waals surface area contributed by atoms with Crippen molar-refractivity contribution in [2.75, 3.05) is 26.2 Å². The SMILES string of the molecule is C[C@H](c1cccnc1)N1CCN(Cc2ccc3ccccc3n2)CC1. The van der Waals surface area contributed by atoms with Gasteiger partial charge in [-0.1, -0.05) is 30.3 Å². The van der Waals surface area contributed by atoms with E-state index in [0.717, 1.165) is 43.9 Å². The Balaban J connectivity index is 1.36. The lowest BCUT2D eigenvalue weighted by atomic mass is 10.1. The maximum absolute atomic E-state index is 4.81. The summed E-state index contributed by atoms with van der Waals surface area (Å²) in [6.45, 7) is 7.54. The van der Waals surface area contributed by atoms with Gasteiger partial charge in [0.05, 0.1) is 11.2 Å². The molecular formula is C21H24N4. The topological polar surface area (TPSA) is 32.3 Å². The predicted molar refractivity (Wildman–Crippen MR) is 101 cm³/mol. The summed E-state index contributed by atoms with van der Waals surface area (Å²) in [4.78, 5) is 14.1. The number of pyridine rings is 2. The van der Waals surface area contributed by atoms with Gasteiger partial charge < -0.3 is 0 Å². The van der Waals surface area contributed by atoms with E-state index in [1.807, 2.05) is 18.5 Å². The van der Waals surface area contributed by atoms with Gasteiger partial charge in [-0.15, -0.1) is 0 Å². The maximum atomic E-state index is 4.81. The summed E-state index contributed by atoms with van der Waals surface area (Å²) in [7, 11) is 0. The number of aromatic nitrogens is 2. The van der Waals surface area contributed by atoms with Crippen molar-refractivity contribution in [3.63, 3.8) is 0 Å². The molecule has 0 N–H and O–H groups in total. The number of benzene rings is 1. The van der Waals surface area contributed by atoms with Crippen LogP contribution >= 0.6 is 0 Å². The van der Waals surface area contributed by atoms with E-state index in [9.17, 15) is 0 Å². The fourth-order valence-corrected chi connectivity index (χ4v) is 3.57. The van der Waals surface area contributed by atoms with Gasteiger partial charge in [-0.3, -0.25) is 19.8 Å². The van der Waals surface area contributed by atoms with Crippen LogP contribution in [0.5, 0.6) is 0 Å². The van der Waals surface area contributed by atoms with Gasteiger partial charge in [-0.05, 0) is 30.7 Å². The molecule has 1 aliphatic heterocycles. The molecule has 0 radical (unpaired) electrons. The molecule has 3 aromatic rings. The van der Waals surface area contributed by atoms with Crippen LogP contribution in [-0.2, 0) is 6.54 Å². The number of rotatable bonds is 4. The van der Waals surface area contributed by atoms with Crippen LogP contribution in [0.1, 0.15) is 24.2 Å². The number of hydrogen-bond donors (Lipinski definition) is 0. The molecule has 1 saturated heterocycles. The lowest BCUT2D eigenvalue weighted by Crippen LogP contribution is -2.46. The van der Waals surface area contributed by atoms with Gasteiger partial charge in [0.2, 0.25) is 0 Å². The minimum Gasteiger partial charge on any atom is -0.295 e. The molecule has 1 aromatic carbocycles. The van der Waals surface area contributed by atoms with E-state index >= 15 is 0 Å². The van der Waals surface area contributed by atoms with Crippen LogP contribution in [0.25, 0.3) is 10.9 Å². The fourth-order valence-electron chi connectivity index (χ4n) is 3.57. The third kappa shape index (κ3) is 3.70. The zero-order valence-corrected chi connectivity index (χ0v) is 14.7. The molecule has 4 nitrogen and oxygen atoms in total. The highest BCUT2D eigenvalue weighted by Gasteiger charge is 2.22. The summed E-state index contributed by atoms with van der Waals surface area (Å²) in [6.07, 6.45) is 3.82. The highest BCUT2D eigenvalue weighted by Crippen LogP contribution is 2.21. The predicted octanol–water partition coefficient (Wildman–Crippen LogP) is 3.51. The van der Waals surface area contributed by atoms with E-state index in [4.69, 9.17) is 4.98 Å². The van der Waals surface area contributed by atoms with Gasteiger partial charge >= 0.3 is 0 Å². The lowest BCUT2D eigenvalue weighted by Gasteiger charge is -2.38. The van der Waals surface area contributed by atoms with Crippen molar-refractivity contribution >= 4 is 10.9 Å². The molecule has 128 valence electrons. The van der Waals surface area contributed by atoms with Crippen LogP contribution in [0.15, 0.2) is 60.9 Å². The van der Waals surface area contributed by atoms with E-state index in [0.29, 0.717) is 6.04 Å². The van der Waals surface area contributed by atoms with Crippen molar-refractivity contribution in [2.24, 2.45) is 0 Å². The van der Waals surface area contributed by atoms with E-state index in [-0.39, 0.29) is 0 Å². The number of para-hydroxylation sites is 1. The molecule has 1 atom stereocenters. The number of nitrogens with zero attached hydrogens (tertiary/aromatic N) is 4. The second-order valence-corrected chi connectivity index (χ2v) is 6.77. The Kier molecular flexibility index (Phi) is 4.72. The highest BCUT2D eigenvalue weighted by molar-refractivity contribution is 5.78. The normalized spacial score (nSPS) is 17.6. The molecule has 0 amide bonds. The average Bonchev–Trinajstić information content (AvgIpc) is 2.69. The summed E-state index contributed by atoms with van der Waals surface area (Å²) in [5, 5.41) is 1.21. The summed E-state index contributed by atoms with van der Waals surface area (Å²) in [5.41, 5.74) is 3.54. The molecule has 0 unspecified atom stereocenters. The Bertz CT molecular complexity index is 825. The zero-order chi connectivity index (χ0) is 17.1. The van der Waals surface area contributed by atoms with E-state index in [2.05, 4.69) is 64.2 Å². The molecule has 3 heterocycles. The van der Waals surface area contributed by atoms with Crippen molar-refractivity contribution in [2.45, 2.75) is 19.5 Å². The van der Waals surface area contributed by atoms with Crippen LogP contribution in [-0.4, -0.2) is 45.9 Å². The number of fused-ring (bicyclic) bond motifs is 1. The molecule has 4 rings (SSSR count). The molecule has 2 aromatic heterocycles. The van der Waals surface area contributed by atoms with Crippen molar-refractivity contribution in [1.29, 1.82) is 0 Å². The summed E-state index contributed by atoms with van der Waals surface area (Å²) >= 11 is 0. The third-order valence-electron chi connectivity index (χ3n) is 5.16. The van der Waals surface area contributed by atoms with E-state index < -0.39 is 0 Å². The van der Waals surface area contributed by atoms with Crippen LogP contribution in [0, 0.1) is 0 Å². The summed E-state index contributed by atoms with van der Waals surface area (Å²) < 4.78 is 0. The van der Waals surface area contributed by atoms with Crippen molar-refractivity contribution in [3.05, 3.63) is 72.2 Å². The maximum Gasteiger partial charge on any atom is 0.0705 e. The molecule has 25 heavy (non-hydrogen) atoms. The van der Waals surface area contributed by atoms with Gasteiger partial charge in [-0.2, -0.15) is 0 Å². The quantitative estimate of drug-likeness (QED) is 0.732. The number of hydrogen-bond acceptors (Lipinski definition) is 4. The Labute approximate surface area is 149 Å². The second-order valence-electron chi connectivity index (χ2n) is 6.77. The fraction of sp³-hybridized carbons (Fsp3) is 0.333. The molecule has 0 bridgehead atoms. The largest absolute Gasteiger partial charge is 0.295 e. The van der Waals surface area contributed by atoms with Gasteiger partial charge in [0.1, 0.15) is 0 Å². The van der Waals surface area contributed by atoms with Crippen molar-refractivity contribution in [3.8, 4) is 0 Å². The molecule has 0 spiro atoms. The second kappa shape index (κ2) is 7.30. The Hall–Kier alpha value is -2.30. The van der Waals surface area contributed by atoms with Gasteiger partial charge in [0.15, 0.2) is 0 Å². The third-order valence-corrected chi connectivity index (χ3v) is 5.16. The van der Waals surface area contributed by atoms with Crippen LogP contribution in [0.4, 0.5) is 0 Å². The molecule has 1 aliphatic rings. The first-order valence-corrected chi connectivity index (χ1v) is 9.00. The Morgan fingerprint density at radius 3 is 2.60 bits per heavy atom. The summed E-state index contributed by atoms with van der Waals surface area (Å²) in [5.74, 6) is 0. The van der Waals surface area contributed by atoms with Crippen molar-refractivity contribution in [1.82, 2.24) is 19.8 Å². The van der Waals surface area contributed by atoms with Crippen molar-refractivity contribution < 1.29 is 0 Å². The smallest absolute Gasteiger partial charge is 0.0705 e. The highest BCUT2D eigenvalue weighted by atomic mass is 15.3. The average molecular weight is 332 g/mol. The minimum absolute atomic E-state index is 0.426. The van der Waals surface area contributed by atoms with Crippen LogP contribution in [0.3, 0.4) is 0 Å². The first kappa shape index (κ1) is 16.2. The van der Waals surface area contributed by atoms with Crippen LogP contribution in [0.2, 0.25) is 0 Å². The minimum atomic E-state index is 0.426. The number of piperazine rings is 1. The lowest BCUT2D eigenvalue weighted by molar-refractivity contribution is 0.0970.